The second kappa shape index (κ2) is 3.81. The zero-order valence-electron chi connectivity index (χ0n) is 8.32. The molecule has 1 aliphatic rings. The fourth-order valence-electron chi connectivity index (χ4n) is 1.58. The Bertz CT molecular complexity index is 461. The zero-order chi connectivity index (χ0) is 11.8. The van der Waals surface area contributed by atoms with Gasteiger partial charge in [0.1, 0.15) is 0 Å². The van der Waals surface area contributed by atoms with E-state index in [2.05, 4.69) is 0 Å². The highest BCUT2D eigenvalue weighted by molar-refractivity contribution is 5.78. The van der Waals surface area contributed by atoms with Crippen LogP contribution in [0.25, 0.3) is 5.57 Å². The number of aliphatic hydroxyl groups is 2. The lowest BCUT2D eigenvalue weighted by molar-refractivity contribution is -0.141. The summed E-state index contributed by atoms with van der Waals surface area (Å²) < 4.78 is 26.8. The van der Waals surface area contributed by atoms with Crippen molar-refractivity contribution in [1.82, 2.24) is 0 Å². The molecule has 0 bridgehead atoms. The smallest absolute Gasteiger partial charge is 0.223 e. The van der Waals surface area contributed by atoms with Gasteiger partial charge in [0.05, 0.1) is 0 Å². The molecule has 16 heavy (non-hydrogen) atoms. The molecule has 0 radical (unpaired) electrons. The van der Waals surface area contributed by atoms with Gasteiger partial charge in [-0.25, -0.2) is 8.78 Å². The second-order valence-corrected chi connectivity index (χ2v) is 3.63. The Hall–Kier alpha value is -1.52. The molecule has 84 valence electrons. The molecule has 0 aromatic heterocycles. The van der Waals surface area contributed by atoms with Crippen LogP contribution in [0, 0.1) is 0 Å². The fourth-order valence-corrected chi connectivity index (χ4v) is 1.58. The van der Waals surface area contributed by atoms with Crippen molar-refractivity contribution < 1.29 is 19.0 Å². The molecule has 2 nitrogen and oxygen atoms in total. The van der Waals surface area contributed by atoms with Gasteiger partial charge in [-0.1, -0.05) is 36.4 Å². The third-order valence-electron chi connectivity index (χ3n) is 2.46. The fraction of sp³-hybridized carbons (Fsp3) is 0.167. The van der Waals surface area contributed by atoms with E-state index in [-0.39, 0.29) is 12.0 Å². The molecule has 4 heteroatoms. The maximum absolute atomic E-state index is 13.5. The zero-order valence-corrected chi connectivity index (χ0v) is 8.32. The molecule has 2 rings (SSSR count). The van der Waals surface area contributed by atoms with Crippen molar-refractivity contribution in [3.8, 4) is 0 Å². The summed E-state index contributed by atoms with van der Waals surface area (Å²) in [6, 6.07) is 8.40. The highest BCUT2D eigenvalue weighted by Crippen LogP contribution is 2.37. The first-order valence-corrected chi connectivity index (χ1v) is 4.79. The molecule has 0 saturated carbocycles. The minimum Gasteiger partial charge on any atom is -0.360 e. The third kappa shape index (κ3) is 1.77. The highest BCUT2D eigenvalue weighted by Gasteiger charge is 2.36. The largest absolute Gasteiger partial charge is 0.360 e. The Balaban J connectivity index is 2.45. The lowest BCUT2D eigenvalue weighted by Gasteiger charge is -2.23. The van der Waals surface area contributed by atoms with Gasteiger partial charge in [-0.2, -0.15) is 0 Å². The van der Waals surface area contributed by atoms with Gasteiger partial charge in [0.15, 0.2) is 11.7 Å². The SMILES string of the molecule is OC1(O)CC=C(c2ccccc2)C(F)=C1F. The topological polar surface area (TPSA) is 40.5 Å². The van der Waals surface area contributed by atoms with E-state index in [1.807, 2.05) is 0 Å². The van der Waals surface area contributed by atoms with Crippen LogP contribution in [-0.2, 0) is 0 Å². The van der Waals surface area contributed by atoms with Gasteiger partial charge in [-0.15, -0.1) is 0 Å². The second-order valence-electron chi connectivity index (χ2n) is 3.63. The number of hydrogen-bond donors (Lipinski definition) is 2. The summed E-state index contributed by atoms with van der Waals surface area (Å²) in [5.74, 6) is -5.47. The van der Waals surface area contributed by atoms with E-state index in [1.165, 1.54) is 6.08 Å². The predicted molar refractivity (Wildman–Crippen MR) is 55.4 cm³/mol. The molecule has 0 saturated heterocycles. The van der Waals surface area contributed by atoms with Crippen LogP contribution in [-0.4, -0.2) is 16.0 Å². The molecule has 0 heterocycles. The quantitative estimate of drug-likeness (QED) is 0.718. The molecule has 1 aromatic rings. The summed E-state index contributed by atoms with van der Waals surface area (Å²) in [7, 11) is 0. The maximum atomic E-state index is 13.5. The van der Waals surface area contributed by atoms with E-state index in [9.17, 15) is 8.78 Å². The molecule has 2 N–H and O–H groups in total. The van der Waals surface area contributed by atoms with Crippen molar-refractivity contribution in [2.24, 2.45) is 0 Å². The summed E-state index contributed by atoms with van der Waals surface area (Å²) in [5, 5.41) is 18.2. The number of hydrogen-bond acceptors (Lipinski definition) is 2. The van der Waals surface area contributed by atoms with Crippen LogP contribution in [0.15, 0.2) is 48.1 Å². The molecule has 0 amide bonds. The maximum Gasteiger partial charge on any atom is 0.223 e. The summed E-state index contributed by atoms with van der Waals surface area (Å²) in [6.45, 7) is 0. The first kappa shape index (κ1) is 11.0. The van der Waals surface area contributed by atoms with E-state index in [0.29, 0.717) is 5.56 Å². The Morgan fingerprint density at radius 3 is 2.31 bits per heavy atom. The van der Waals surface area contributed by atoms with E-state index >= 15 is 0 Å². The number of rotatable bonds is 1. The molecule has 0 aliphatic heterocycles. The lowest BCUT2D eigenvalue weighted by Crippen LogP contribution is -2.31. The third-order valence-corrected chi connectivity index (χ3v) is 2.46. The molecule has 0 spiro atoms. The van der Waals surface area contributed by atoms with Gasteiger partial charge >= 0.3 is 0 Å². The Morgan fingerprint density at radius 2 is 1.69 bits per heavy atom. The van der Waals surface area contributed by atoms with Crippen LogP contribution in [0.2, 0.25) is 0 Å². The highest BCUT2D eigenvalue weighted by atomic mass is 19.2. The average molecular weight is 224 g/mol. The predicted octanol–water partition coefficient (Wildman–Crippen LogP) is 2.31. The van der Waals surface area contributed by atoms with Crippen LogP contribution < -0.4 is 0 Å². The van der Waals surface area contributed by atoms with Crippen molar-refractivity contribution in [2.75, 3.05) is 0 Å². The van der Waals surface area contributed by atoms with Crippen LogP contribution in [0.5, 0.6) is 0 Å². The van der Waals surface area contributed by atoms with Crippen LogP contribution in [0.4, 0.5) is 8.78 Å². The Kier molecular flexibility index (Phi) is 2.61. The monoisotopic (exact) mass is 224 g/mol. The molecule has 1 aliphatic carbocycles. The Morgan fingerprint density at radius 1 is 1.06 bits per heavy atom. The summed E-state index contributed by atoms with van der Waals surface area (Å²) in [5.41, 5.74) is 0.558. The van der Waals surface area contributed by atoms with Gasteiger partial charge in [-0.3, -0.25) is 0 Å². The normalized spacial score (nSPS) is 19.6. The average Bonchev–Trinajstić information content (AvgIpc) is 2.27. The van der Waals surface area contributed by atoms with E-state index < -0.39 is 17.4 Å². The van der Waals surface area contributed by atoms with Crippen LogP contribution in [0.3, 0.4) is 0 Å². The summed E-state index contributed by atoms with van der Waals surface area (Å²) in [6.07, 6.45) is 0.907. The standard InChI is InChI=1S/C12H10F2O2/c13-10-9(8-4-2-1-3-5-8)6-7-12(15,16)11(10)14/h1-6,15-16H,7H2. The van der Waals surface area contributed by atoms with Gasteiger partial charge in [-0.05, 0) is 5.56 Å². The number of allylic oxidation sites excluding steroid dienone is 2. The molecule has 0 fully saturated rings. The summed E-state index contributed by atoms with van der Waals surface area (Å²) in [4.78, 5) is 0. The minimum absolute atomic E-state index is 0.0526. The molecule has 1 aromatic carbocycles. The van der Waals surface area contributed by atoms with Gasteiger partial charge in [0, 0.05) is 12.0 Å². The van der Waals surface area contributed by atoms with Gasteiger partial charge in [0.25, 0.3) is 0 Å². The van der Waals surface area contributed by atoms with E-state index in [0.717, 1.165) is 0 Å². The molecule has 0 atom stereocenters. The van der Waals surface area contributed by atoms with Crippen molar-refractivity contribution in [2.45, 2.75) is 12.2 Å². The van der Waals surface area contributed by atoms with Crippen molar-refractivity contribution >= 4 is 5.57 Å². The molecular formula is C12H10F2O2. The van der Waals surface area contributed by atoms with Crippen LogP contribution in [0.1, 0.15) is 12.0 Å². The van der Waals surface area contributed by atoms with E-state index in [1.54, 1.807) is 30.3 Å². The first-order valence-electron chi connectivity index (χ1n) is 4.79. The lowest BCUT2D eigenvalue weighted by atomic mass is 9.94. The van der Waals surface area contributed by atoms with E-state index in [4.69, 9.17) is 10.2 Å². The number of halogens is 2. The van der Waals surface area contributed by atoms with Crippen molar-refractivity contribution in [3.05, 3.63) is 53.6 Å². The molecular weight excluding hydrogens is 214 g/mol. The number of benzene rings is 1. The first-order chi connectivity index (χ1) is 7.52. The minimum atomic E-state index is -2.72. The van der Waals surface area contributed by atoms with Crippen molar-refractivity contribution in [1.29, 1.82) is 0 Å². The molecule has 0 unspecified atom stereocenters. The van der Waals surface area contributed by atoms with Crippen molar-refractivity contribution in [3.63, 3.8) is 0 Å². The van der Waals surface area contributed by atoms with Crippen LogP contribution >= 0.6 is 0 Å². The summed E-state index contributed by atoms with van der Waals surface area (Å²) >= 11 is 0. The van der Waals surface area contributed by atoms with Gasteiger partial charge in [0.2, 0.25) is 5.79 Å². The van der Waals surface area contributed by atoms with Gasteiger partial charge < -0.3 is 10.2 Å². The Labute approximate surface area is 91.2 Å².